The molecule has 2 amide bonds. The molecule has 2 aromatic rings. The van der Waals surface area contributed by atoms with E-state index in [1.54, 1.807) is 29.2 Å². The van der Waals surface area contributed by atoms with Gasteiger partial charge in [0.2, 0.25) is 5.91 Å². The van der Waals surface area contributed by atoms with E-state index in [1.165, 1.54) is 12.4 Å². The van der Waals surface area contributed by atoms with Crippen molar-refractivity contribution in [1.82, 2.24) is 9.97 Å². The number of benzene rings is 1. The number of anilines is 3. The van der Waals surface area contributed by atoms with Crippen LogP contribution in [-0.2, 0) is 4.79 Å². The van der Waals surface area contributed by atoms with Gasteiger partial charge < -0.3 is 16.0 Å². The van der Waals surface area contributed by atoms with Gasteiger partial charge in [-0.3, -0.25) is 9.59 Å². The summed E-state index contributed by atoms with van der Waals surface area (Å²) in [5.74, 6) is -0.231. The van der Waals surface area contributed by atoms with Crippen LogP contribution in [0.5, 0.6) is 0 Å². The van der Waals surface area contributed by atoms with Gasteiger partial charge in [0.15, 0.2) is 11.5 Å². The zero-order valence-electron chi connectivity index (χ0n) is 11.1. The quantitative estimate of drug-likeness (QED) is 0.820. The first-order valence-electron chi connectivity index (χ1n) is 6.43. The molecule has 1 aliphatic rings. The highest BCUT2D eigenvalue weighted by molar-refractivity contribution is 6.06. The maximum absolute atomic E-state index is 12.0. The Morgan fingerprint density at radius 1 is 1.19 bits per heavy atom. The Bertz CT molecular complexity index is 699. The lowest BCUT2D eigenvalue weighted by atomic mass is 10.1. The summed E-state index contributed by atoms with van der Waals surface area (Å²) in [5.41, 5.74) is 7.11. The van der Waals surface area contributed by atoms with Crippen LogP contribution in [0.4, 0.5) is 17.2 Å². The summed E-state index contributed by atoms with van der Waals surface area (Å²) in [6, 6.07) is 7.02. The minimum Gasteiger partial charge on any atom is -0.382 e. The van der Waals surface area contributed by atoms with Crippen molar-refractivity contribution >= 4 is 29.0 Å². The summed E-state index contributed by atoms with van der Waals surface area (Å²) in [7, 11) is 0. The number of carbonyl (C=O) groups excluding carboxylic acids is 2. The van der Waals surface area contributed by atoms with Crippen LogP contribution < -0.4 is 16.0 Å². The van der Waals surface area contributed by atoms with Crippen molar-refractivity contribution in [3.05, 3.63) is 42.4 Å². The fourth-order valence-corrected chi connectivity index (χ4v) is 2.03. The second-order valence-electron chi connectivity index (χ2n) is 4.59. The number of aromatic nitrogens is 2. The number of hydrogen-bond donors (Lipinski definition) is 2. The predicted octanol–water partition coefficient (Wildman–Crippen LogP) is 1.05. The Balaban J connectivity index is 1.72. The minimum absolute atomic E-state index is 0.0813. The molecule has 21 heavy (non-hydrogen) atoms. The van der Waals surface area contributed by atoms with Crippen LogP contribution >= 0.6 is 0 Å². The van der Waals surface area contributed by atoms with E-state index in [0.717, 1.165) is 12.2 Å². The molecule has 0 bridgehead atoms. The fourth-order valence-electron chi connectivity index (χ4n) is 2.03. The van der Waals surface area contributed by atoms with Crippen LogP contribution in [0.15, 0.2) is 36.7 Å². The van der Waals surface area contributed by atoms with Crippen LogP contribution in [0.3, 0.4) is 0 Å². The molecule has 1 aromatic carbocycles. The van der Waals surface area contributed by atoms with Gasteiger partial charge in [-0.25, -0.2) is 9.97 Å². The third-order valence-electron chi connectivity index (χ3n) is 3.23. The predicted molar refractivity (Wildman–Crippen MR) is 77.8 cm³/mol. The molecular formula is C14H13N5O2. The lowest BCUT2D eigenvalue weighted by Gasteiger charge is -2.30. The van der Waals surface area contributed by atoms with Gasteiger partial charge in [-0.05, 0) is 24.3 Å². The third-order valence-corrected chi connectivity index (χ3v) is 3.23. The van der Waals surface area contributed by atoms with Crippen LogP contribution in [0.1, 0.15) is 16.9 Å². The molecule has 3 N–H and O–H groups in total. The second kappa shape index (κ2) is 5.20. The number of nitrogens with zero attached hydrogens (tertiary/aromatic N) is 3. The van der Waals surface area contributed by atoms with Crippen molar-refractivity contribution < 1.29 is 9.59 Å². The number of nitrogen functional groups attached to an aromatic ring is 1. The summed E-state index contributed by atoms with van der Waals surface area (Å²) in [5, 5.41) is 2.69. The number of nitrogens with one attached hydrogen (secondary N) is 1. The first-order valence-corrected chi connectivity index (χ1v) is 6.43. The molecule has 0 radical (unpaired) electrons. The van der Waals surface area contributed by atoms with Gasteiger partial charge in [-0.2, -0.15) is 0 Å². The number of rotatable bonds is 3. The van der Waals surface area contributed by atoms with Crippen LogP contribution in [0.2, 0.25) is 0 Å². The van der Waals surface area contributed by atoms with Crippen molar-refractivity contribution in [2.24, 2.45) is 0 Å². The zero-order chi connectivity index (χ0) is 14.8. The average molecular weight is 283 g/mol. The second-order valence-corrected chi connectivity index (χ2v) is 4.59. The molecule has 1 aromatic heterocycles. The first kappa shape index (κ1) is 13.0. The van der Waals surface area contributed by atoms with E-state index in [1.807, 2.05) is 0 Å². The van der Waals surface area contributed by atoms with E-state index in [0.29, 0.717) is 12.1 Å². The van der Waals surface area contributed by atoms with Crippen LogP contribution in [0.25, 0.3) is 0 Å². The lowest BCUT2D eigenvalue weighted by Crippen LogP contribution is -2.43. The zero-order valence-corrected chi connectivity index (χ0v) is 11.1. The molecule has 1 saturated heterocycles. The maximum Gasteiger partial charge on any atom is 0.278 e. The summed E-state index contributed by atoms with van der Waals surface area (Å²) >= 11 is 0. The maximum atomic E-state index is 12.0. The SMILES string of the molecule is Nc1nccnc1C(=O)Nc1ccc(N2CCC2=O)cc1. The standard InChI is InChI=1S/C14H13N5O2/c15-13-12(16-6-7-17-13)14(21)18-9-1-3-10(4-2-9)19-8-5-11(19)20/h1-4,6-7H,5,8H2,(H2,15,17)(H,18,21). The van der Waals surface area contributed by atoms with Gasteiger partial charge in [0, 0.05) is 36.7 Å². The lowest BCUT2D eigenvalue weighted by molar-refractivity contribution is -0.122. The Labute approximate surface area is 120 Å². The molecule has 7 heteroatoms. The van der Waals surface area contributed by atoms with Crippen molar-refractivity contribution in [3.8, 4) is 0 Å². The van der Waals surface area contributed by atoms with Crippen molar-refractivity contribution in [3.63, 3.8) is 0 Å². The van der Waals surface area contributed by atoms with E-state index in [9.17, 15) is 9.59 Å². The van der Waals surface area contributed by atoms with Gasteiger partial charge in [-0.1, -0.05) is 0 Å². The van der Waals surface area contributed by atoms with Crippen molar-refractivity contribution in [1.29, 1.82) is 0 Å². The molecule has 3 rings (SSSR count). The summed E-state index contributed by atoms with van der Waals surface area (Å²) < 4.78 is 0. The number of amides is 2. The average Bonchev–Trinajstić information content (AvgIpc) is 2.48. The highest BCUT2D eigenvalue weighted by Gasteiger charge is 2.24. The largest absolute Gasteiger partial charge is 0.382 e. The minimum atomic E-state index is -0.423. The van der Waals surface area contributed by atoms with Gasteiger partial charge in [-0.15, -0.1) is 0 Å². The molecule has 0 unspecified atom stereocenters. The van der Waals surface area contributed by atoms with Crippen molar-refractivity contribution in [2.75, 3.05) is 22.5 Å². The highest BCUT2D eigenvalue weighted by Crippen LogP contribution is 2.23. The molecule has 0 saturated carbocycles. The van der Waals surface area contributed by atoms with Gasteiger partial charge in [0.25, 0.3) is 5.91 Å². The Morgan fingerprint density at radius 3 is 2.48 bits per heavy atom. The smallest absolute Gasteiger partial charge is 0.278 e. The Hall–Kier alpha value is -2.96. The molecule has 2 heterocycles. The van der Waals surface area contributed by atoms with E-state index in [-0.39, 0.29) is 17.4 Å². The molecule has 7 nitrogen and oxygen atoms in total. The molecule has 1 aliphatic heterocycles. The molecule has 0 spiro atoms. The van der Waals surface area contributed by atoms with E-state index in [4.69, 9.17) is 5.73 Å². The molecule has 0 atom stereocenters. The number of hydrogen-bond acceptors (Lipinski definition) is 5. The Kier molecular flexibility index (Phi) is 3.23. The highest BCUT2D eigenvalue weighted by atomic mass is 16.2. The normalized spacial score (nSPS) is 13.7. The van der Waals surface area contributed by atoms with E-state index >= 15 is 0 Å². The van der Waals surface area contributed by atoms with Crippen molar-refractivity contribution in [2.45, 2.75) is 6.42 Å². The summed E-state index contributed by atoms with van der Waals surface area (Å²) in [6.07, 6.45) is 3.42. The summed E-state index contributed by atoms with van der Waals surface area (Å²) in [6.45, 7) is 0.737. The molecular weight excluding hydrogens is 270 g/mol. The topological polar surface area (TPSA) is 101 Å². The summed E-state index contributed by atoms with van der Waals surface area (Å²) in [4.78, 5) is 32.8. The molecule has 106 valence electrons. The first-order chi connectivity index (χ1) is 10.1. The van der Waals surface area contributed by atoms with Crippen LogP contribution in [0, 0.1) is 0 Å². The molecule has 1 fully saturated rings. The van der Waals surface area contributed by atoms with Gasteiger partial charge >= 0.3 is 0 Å². The number of carbonyl (C=O) groups is 2. The molecule has 0 aliphatic carbocycles. The monoisotopic (exact) mass is 283 g/mol. The third kappa shape index (κ3) is 2.53. The fraction of sp³-hybridized carbons (Fsp3) is 0.143. The number of nitrogens with two attached hydrogens (primary N) is 1. The Morgan fingerprint density at radius 2 is 1.90 bits per heavy atom. The van der Waals surface area contributed by atoms with E-state index < -0.39 is 5.91 Å². The van der Waals surface area contributed by atoms with Crippen LogP contribution in [-0.4, -0.2) is 28.3 Å². The number of β-lactam (4-membered cyclic amide) rings is 1. The van der Waals surface area contributed by atoms with E-state index in [2.05, 4.69) is 15.3 Å². The van der Waals surface area contributed by atoms with Gasteiger partial charge in [0.05, 0.1) is 0 Å². The van der Waals surface area contributed by atoms with Gasteiger partial charge in [0.1, 0.15) is 0 Å².